The lowest BCUT2D eigenvalue weighted by atomic mass is 9.88. The average molecular weight is 523 g/mol. The molecule has 0 bridgehead atoms. The Morgan fingerprint density at radius 1 is 1.03 bits per heavy atom. The quantitative estimate of drug-likeness (QED) is 0.352. The van der Waals surface area contributed by atoms with Crippen LogP contribution in [0.15, 0.2) is 58.5 Å². The maximum absolute atomic E-state index is 14.2. The molecule has 0 unspecified atom stereocenters. The molecule has 4 aromatic rings. The molecule has 0 aliphatic carbocycles. The lowest BCUT2D eigenvalue weighted by Crippen LogP contribution is -2.29. The number of hydrogen-bond acceptors (Lipinski definition) is 5. The number of nitrogens with zero attached hydrogens (tertiary/aromatic N) is 4. The molecular formula is C28H28ClFN4O3. The van der Waals surface area contributed by atoms with E-state index in [4.69, 9.17) is 16.3 Å². The van der Waals surface area contributed by atoms with Gasteiger partial charge in [0.2, 0.25) is 0 Å². The third-order valence-electron chi connectivity index (χ3n) is 6.02. The zero-order valence-corrected chi connectivity index (χ0v) is 22.4. The molecular weight excluding hydrogens is 495 g/mol. The average Bonchev–Trinajstić information content (AvgIpc) is 2.82. The minimum absolute atomic E-state index is 0.112. The van der Waals surface area contributed by atoms with Gasteiger partial charge in [0, 0.05) is 42.0 Å². The first-order chi connectivity index (χ1) is 17.4. The summed E-state index contributed by atoms with van der Waals surface area (Å²) in [5, 5.41) is -0.150. The van der Waals surface area contributed by atoms with Crippen molar-refractivity contribution in [3.8, 4) is 17.3 Å². The number of hydrogen-bond donors (Lipinski definition) is 0. The van der Waals surface area contributed by atoms with E-state index in [1.807, 2.05) is 27.7 Å². The predicted molar refractivity (Wildman–Crippen MR) is 142 cm³/mol. The van der Waals surface area contributed by atoms with E-state index in [1.54, 1.807) is 56.7 Å². The second-order valence-electron chi connectivity index (χ2n) is 10.0. The number of aryl methyl sites for hydroxylation is 3. The molecule has 4 rings (SSSR count). The van der Waals surface area contributed by atoms with Gasteiger partial charge in [-0.15, -0.1) is 0 Å². The van der Waals surface area contributed by atoms with E-state index in [0.717, 1.165) is 0 Å². The molecule has 0 aliphatic heterocycles. The van der Waals surface area contributed by atoms with Crippen molar-refractivity contribution in [3.63, 3.8) is 0 Å². The lowest BCUT2D eigenvalue weighted by Gasteiger charge is -2.20. The van der Waals surface area contributed by atoms with Gasteiger partial charge in [0.05, 0.1) is 5.69 Å². The summed E-state index contributed by atoms with van der Waals surface area (Å²) in [5.74, 6) is 0.00971. The molecule has 192 valence electrons. The Morgan fingerprint density at radius 3 is 2.43 bits per heavy atom. The summed E-state index contributed by atoms with van der Waals surface area (Å²) in [6.45, 7) is 11.0. The molecule has 0 radical (unpaired) electrons. The van der Waals surface area contributed by atoms with E-state index in [-0.39, 0.29) is 34.0 Å². The van der Waals surface area contributed by atoms with Crippen LogP contribution in [0.1, 0.15) is 48.8 Å². The maximum atomic E-state index is 14.2. The van der Waals surface area contributed by atoms with Gasteiger partial charge in [-0.25, -0.2) is 9.37 Å². The molecule has 0 saturated heterocycles. The molecule has 0 N–H and O–H groups in total. The van der Waals surface area contributed by atoms with Gasteiger partial charge in [-0.3, -0.25) is 23.7 Å². The molecule has 0 spiro atoms. The van der Waals surface area contributed by atoms with Gasteiger partial charge in [0.1, 0.15) is 34.7 Å². The van der Waals surface area contributed by atoms with Gasteiger partial charge in [-0.1, -0.05) is 38.4 Å². The molecule has 0 aromatic carbocycles. The summed E-state index contributed by atoms with van der Waals surface area (Å²) in [7, 11) is 0. The summed E-state index contributed by atoms with van der Waals surface area (Å²) >= 11 is 6.41. The van der Waals surface area contributed by atoms with Crippen LogP contribution < -0.4 is 15.9 Å². The van der Waals surface area contributed by atoms with Gasteiger partial charge >= 0.3 is 0 Å². The fourth-order valence-electron chi connectivity index (χ4n) is 4.02. The van der Waals surface area contributed by atoms with Crippen molar-refractivity contribution < 1.29 is 9.13 Å². The molecule has 0 fully saturated rings. The SMILES string of the molecule is Cc1cnc(COc2cc(C)n(-c3cc(-n4cccc(C(C)(C)C)c4=O)ncc3C)c(=O)c2Cl)c(F)c1. The summed E-state index contributed by atoms with van der Waals surface area (Å²) < 4.78 is 22.7. The fraction of sp³-hybridized carbons (Fsp3) is 0.286. The van der Waals surface area contributed by atoms with Crippen LogP contribution in [0.4, 0.5) is 4.39 Å². The maximum Gasteiger partial charge on any atom is 0.277 e. The Hall–Kier alpha value is -3.78. The Morgan fingerprint density at radius 2 is 1.76 bits per heavy atom. The Bertz CT molecular complexity index is 1620. The summed E-state index contributed by atoms with van der Waals surface area (Å²) in [4.78, 5) is 35.0. The number of rotatable bonds is 5. The number of aromatic nitrogens is 4. The van der Waals surface area contributed by atoms with Gasteiger partial charge in [0.15, 0.2) is 0 Å². The molecule has 0 atom stereocenters. The van der Waals surface area contributed by atoms with Gasteiger partial charge < -0.3 is 4.74 Å². The van der Waals surface area contributed by atoms with Gasteiger partial charge in [-0.2, -0.15) is 0 Å². The number of pyridine rings is 4. The van der Waals surface area contributed by atoms with E-state index >= 15 is 0 Å². The van der Waals surface area contributed by atoms with E-state index in [2.05, 4.69) is 9.97 Å². The van der Waals surface area contributed by atoms with Gasteiger partial charge in [-0.05, 0) is 49.4 Å². The highest BCUT2D eigenvalue weighted by Crippen LogP contribution is 2.26. The van der Waals surface area contributed by atoms with Crippen LogP contribution in [0.25, 0.3) is 11.5 Å². The topological polar surface area (TPSA) is 79.0 Å². The highest BCUT2D eigenvalue weighted by molar-refractivity contribution is 6.31. The third-order valence-corrected chi connectivity index (χ3v) is 6.37. The predicted octanol–water partition coefficient (Wildman–Crippen LogP) is 5.37. The van der Waals surface area contributed by atoms with Crippen LogP contribution in [0.3, 0.4) is 0 Å². The second-order valence-corrected chi connectivity index (χ2v) is 10.4. The molecule has 4 aromatic heterocycles. The minimum Gasteiger partial charge on any atom is -0.485 e. The monoisotopic (exact) mass is 522 g/mol. The third kappa shape index (κ3) is 5.20. The molecule has 0 saturated carbocycles. The number of halogens is 2. The van der Waals surface area contributed by atoms with Crippen molar-refractivity contribution in [2.45, 2.75) is 53.6 Å². The number of ether oxygens (including phenoxy) is 1. The molecule has 9 heteroatoms. The summed E-state index contributed by atoms with van der Waals surface area (Å²) in [6.07, 6.45) is 4.80. The van der Waals surface area contributed by atoms with Crippen LogP contribution in [-0.4, -0.2) is 19.1 Å². The Balaban J connectivity index is 1.76. The van der Waals surface area contributed by atoms with Crippen molar-refractivity contribution in [1.82, 2.24) is 19.1 Å². The Kier molecular flexibility index (Phi) is 7.06. The van der Waals surface area contributed by atoms with Crippen molar-refractivity contribution in [1.29, 1.82) is 0 Å². The Labute approximate surface area is 219 Å². The summed E-state index contributed by atoms with van der Waals surface area (Å²) in [6, 6.07) is 8.26. The van der Waals surface area contributed by atoms with Crippen LogP contribution >= 0.6 is 11.6 Å². The van der Waals surface area contributed by atoms with Crippen LogP contribution in [-0.2, 0) is 12.0 Å². The van der Waals surface area contributed by atoms with Crippen molar-refractivity contribution in [3.05, 3.63) is 109 Å². The van der Waals surface area contributed by atoms with Crippen molar-refractivity contribution in [2.75, 3.05) is 0 Å². The van der Waals surface area contributed by atoms with Crippen molar-refractivity contribution >= 4 is 11.6 Å². The zero-order valence-electron chi connectivity index (χ0n) is 21.6. The highest BCUT2D eigenvalue weighted by Gasteiger charge is 2.21. The first-order valence-electron chi connectivity index (χ1n) is 11.7. The molecule has 4 heterocycles. The fourth-order valence-corrected chi connectivity index (χ4v) is 4.21. The molecule has 0 aliphatic rings. The molecule has 0 amide bonds. The minimum atomic E-state index is -0.509. The lowest BCUT2D eigenvalue weighted by molar-refractivity contribution is 0.293. The van der Waals surface area contributed by atoms with E-state index in [1.165, 1.54) is 15.2 Å². The first-order valence-corrected chi connectivity index (χ1v) is 12.1. The molecule has 7 nitrogen and oxygen atoms in total. The van der Waals surface area contributed by atoms with Crippen LogP contribution in [0.5, 0.6) is 5.75 Å². The smallest absolute Gasteiger partial charge is 0.277 e. The normalized spacial score (nSPS) is 11.6. The standard InChI is InChI=1S/C28H28ClFN4O3/c1-16-10-20(30)21(31-13-16)15-37-23-11-18(3)34(27(36)25(23)29)22-12-24(32-14-17(22)2)33-9-7-8-19(26(33)35)28(4,5)6/h7-14H,15H2,1-6H3. The molecule has 37 heavy (non-hydrogen) atoms. The van der Waals surface area contributed by atoms with Crippen molar-refractivity contribution in [2.24, 2.45) is 0 Å². The van der Waals surface area contributed by atoms with Crippen LogP contribution in [0.2, 0.25) is 5.02 Å². The first kappa shape index (κ1) is 26.3. The van der Waals surface area contributed by atoms with Gasteiger partial charge in [0.25, 0.3) is 11.1 Å². The summed E-state index contributed by atoms with van der Waals surface area (Å²) in [5.41, 5.74) is 2.20. The van der Waals surface area contributed by atoms with E-state index in [9.17, 15) is 14.0 Å². The van der Waals surface area contributed by atoms with E-state index < -0.39 is 11.4 Å². The largest absolute Gasteiger partial charge is 0.485 e. The van der Waals surface area contributed by atoms with Crippen LogP contribution in [0, 0.1) is 26.6 Å². The zero-order chi connectivity index (χ0) is 27.1. The second kappa shape index (κ2) is 9.94. The highest BCUT2D eigenvalue weighted by atomic mass is 35.5. The van der Waals surface area contributed by atoms with E-state index in [0.29, 0.717) is 33.9 Å².